The van der Waals surface area contributed by atoms with Crippen molar-refractivity contribution in [3.63, 3.8) is 0 Å². The summed E-state index contributed by atoms with van der Waals surface area (Å²) in [7, 11) is 2.01. The molecule has 3 rings (SSSR count). The maximum absolute atomic E-state index is 4.81. The SMILES string of the molecule is C=C=C(NC=C)c1ccc(C)c(Nc2nc(N[C@@H]3CCN(C(=C=C)NCCC)C3)nc(N(C)CC(C)(C)C)n2)c1. The van der Waals surface area contributed by atoms with Gasteiger partial charge in [0.1, 0.15) is 5.82 Å². The van der Waals surface area contributed by atoms with Crippen LogP contribution in [0.2, 0.25) is 0 Å². The molecule has 0 unspecified atom stereocenters. The van der Waals surface area contributed by atoms with E-state index in [1.807, 2.05) is 32.2 Å². The van der Waals surface area contributed by atoms with Gasteiger partial charge in [-0.05, 0) is 43.0 Å². The highest BCUT2D eigenvalue weighted by molar-refractivity contribution is 5.71. The summed E-state index contributed by atoms with van der Waals surface area (Å²) in [6, 6.07) is 6.26. The first-order valence-corrected chi connectivity index (χ1v) is 13.8. The molecule has 1 aromatic carbocycles. The fourth-order valence-electron chi connectivity index (χ4n) is 4.60. The maximum Gasteiger partial charge on any atom is 0.233 e. The highest BCUT2D eigenvalue weighted by Crippen LogP contribution is 2.26. The van der Waals surface area contributed by atoms with Crippen molar-refractivity contribution in [2.75, 3.05) is 48.8 Å². The van der Waals surface area contributed by atoms with Gasteiger partial charge in [0.15, 0.2) is 0 Å². The van der Waals surface area contributed by atoms with Crippen molar-refractivity contribution >= 4 is 29.2 Å². The minimum Gasteiger partial charge on any atom is -0.365 e. The molecule has 9 nitrogen and oxygen atoms in total. The summed E-state index contributed by atoms with van der Waals surface area (Å²) in [6.45, 7) is 25.6. The highest BCUT2D eigenvalue weighted by atomic mass is 15.3. The highest BCUT2D eigenvalue weighted by Gasteiger charge is 2.25. The van der Waals surface area contributed by atoms with Gasteiger partial charge in [-0.2, -0.15) is 15.0 Å². The van der Waals surface area contributed by atoms with Crippen LogP contribution in [0.15, 0.2) is 61.4 Å². The second-order valence-electron chi connectivity index (χ2n) is 11.3. The summed E-state index contributed by atoms with van der Waals surface area (Å²) in [6.07, 6.45) is 3.61. The fraction of sp³-hybridized carbons (Fsp3) is 0.452. The van der Waals surface area contributed by atoms with Gasteiger partial charge in [-0.15, -0.1) is 5.73 Å². The number of nitrogens with one attached hydrogen (secondary N) is 4. The third-order valence-corrected chi connectivity index (χ3v) is 6.42. The summed E-state index contributed by atoms with van der Waals surface area (Å²) >= 11 is 0. The van der Waals surface area contributed by atoms with Crippen molar-refractivity contribution < 1.29 is 0 Å². The van der Waals surface area contributed by atoms with Crippen molar-refractivity contribution in [3.8, 4) is 0 Å². The van der Waals surface area contributed by atoms with E-state index >= 15 is 0 Å². The minimum absolute atomic E-state index is 0.0733. The fourth-order valence-corrected chi connectivity index (χ4v) is 4.60. The monoisotopic (exact) mass is 543 g/mol. The van der Waals surface area contributed by atoms with Gasteiger partial charge in [0, 0.05) is 50.5 Å². The van der Waals surface area contributed by atoms with E-state index in [4.69, 9.17) is 15.0 Å². The number of aryl methyl sites for hydroxylation is 1. The second kappa shape index (κ2) is 13.7. The molecule has 1 aliphatic heterocycles. The Morgan fingerprint density at radius 2 is 1.93 bits per heavy atom. The number of aromatic nitrogens is 3. The summed E-state index contributed by atoms with van der Waals surface area (Å²) in [5.74, 6) is 2.57. The molecule has 40 heavy (non-hydrogen) atoms. The zero-order valence-electron chi connectivity index (χ0n) is 25.0. The third kappa shape index (κ3) is 8.40. The van der Waals surface area contributed by atoms with Gasteiger partial charge in [-0.25, -0.2) is 0 Å². The Labute approximate surface area is 239 Å². The van der Waals surface area contributed by atoms with Gasteiger partial charge in [0.2, 0.25) is 17.8 Å². The van der Waals surface area contributed by atoms with Crippen molar-refractivity contribution in [1.82, 2.24) is 30.5 Å². The smallest absolute Gasteiger partial charge is 0.233 e. The van der Waals surface area contributed by atoms with Gasteiger partial charge in [0.25, 0.3) is 0 Å². The molecule has 214 valence electrons. The normalized spacial score (nSPS) is 14.6. The average Bonchev–Trinajstić information content (AvgIpc) is 3.36. The predicted molar refractivity (Wildman–Crippen MR) is 167 cm³/mol. The number of hydrogen-bond donors (Lipinski definition) is 4. The lowest BCUT2D eigenvalue weighted by Crippen LogP contribution is -2.33. The van der Waals surface area contributed by atoms with Crippen molar-refractivity contribution in [2.24, 2.45) is 5.41 Å². The molecule has 9 heteroatoms. The van der Waals surface area contributed by atoms with Crippen LogP contribution in [0.4, 0.5) is 23.5 Å². The number of hydrogen-bond acceptors (Lipinski definition) is 9. The molecule has 1 saturated heterocycles. The van der Waals surface area contributed by atoms with E-state index < -0.39 is 0 Å². The maximum atomic E-state index is 4.81. The van der Waals surface area contributed by atoms with E-state index in [2.05, 4.69) is 90.0 Å². The largest absolute Gasteiger partial charge is 0.365 e. The molecule has 0 spiro atoms. The summed E-state index contributed by atoms with van der Waals surface area (Å²) in [5.41, 5.74) is 9.66. The molecular weight excluding hydrogens is 498 g/mol. The standard InChI is InChI=1S/C31H45N9/c1-10-17-33-27(12-3)40-18-16-24(20-40)34-28-36-29(38-30(37-28)39(9)21-31(6,7)8)35-26-19-23(15-14-22(26)5)25(11-2)32-13-4/h13-15,19,24,32-33H,2-4,10,16-18,20-21H2,1,5-9H3,(H2,34,35,36,37,38)/t24-/m1/s1. The lowest BCUT2D eigenvalue weighted by atomic mass is 9.96. The number of likely N-dealkylation sites (tertiary alicyclic amines) is 1. The molecule has 4 N–H and O–H groups in total. The molecule has 0 bridgehead atoms. The number of anilines is 4. The van der Waals surface area contributed by atoms with E-state index in [1.165, 1.54) is 0 Å². The Morgan fingerprint density at radius 1 is 1.18 bits per heavy atom. The quantitative estimate of drug-likeness (QED) is 0.249. The molecule has 0 saturated carbocycles. The molecule has 2 aromatic rings. The summed E-state index contributed by atoms with van der Waals surface area (Å²) < 4.78 is 0. The second-order valence-corrected chi connectivity index (χ2v) is 11.3. The van der Waals surface area contributed by atoms with E-state index in [1.54, 1.807) is 6.20 Å². The Balaban J connectivity index is 1.90. The summed E-state index contributed by atoms with van der Waals surface area (Å²) in [4.78, 5) is 18.7. The van der Waals surface area contributed by atoms with E-state index in [0.717, 1.165) is 67.4 Å². The van der Waals surface area contributed by atoms with Crippen LogP contribution in [0.3, 0.4) is 0 Å². The van der Waals surface area contributed by atoms with Crippen LogP contribution in [0, 0.1) is 12.3 Å². The van der Waals surface area contributed by atoms with E-state index in [-0.39, 0.29) is 11.5 Å². The topological polar surface area (TPSA) is 93.3 Å². The Morgan fingerprint density at radius 3 is 2.58 bits per heavy atom. The molecule has 0 aliphatic carbocycles. The van der Waals surface area contributed by atoms with Crippen LogP contribution >= 0.6 is 0 Å². The van der Waals surface area contributed by atoms with Crippen LogP contribution in [0.1, 0.15) is 51.7 Å². The molecular formula is C31H45N9. The van der Waals surface area contributed by atoms with Crippen LogP contribution in [-0.4, -0.2) is 59.1 Å². The first-order chi connectivity index (χ1) is 19.1. The first-order valence-electron chi connectivity index (χ1n) is 13.8. The van der Waals surface area contributed by atoms with Gasteiger partial charge in [-0.1, -0.05) is 65.3 Å². The third-order valence-electron chi connectivity index (χ3n) is 6.42. The van der Waals surface area contributed by atoms with Gasteiger partial charge >= 0.3 is 0 Å². The molecule has 1 aromatic heterocycles. The van der Waals surface area contributed by atoms with Gasteiger partial charge < -0.3 is 31.1 Å². The zero-order chi connectivity index (χ0) is 29.3. The molecule has 0 radical (unpaired) electrons. The van der Waals surface area contributed by atoms with Crippen molar-refractivity contribution in [2.45, 2.75) is 53.5 Å². The lowest BCUT2D eigenvalue weighted by Gasteiger charge is -2.27. The number of nitrogens with zero attached hydrogens (tertiary/aromatic N) is 5. The van der Waals surface area contributed by atoms with E-state index in [0.29, 0.717) is 17.8 Å². The van der Waals surface area contributed by atoms with Crippen LogP contribution < -0.4 is 26.2 Å². The lowest BCUT2D eigenvalue weighted by molar-refractivity contribution is 0.388. The summed E-state index contributed by atoms with van der Waals surface area (Å²) in [5, 5.41) is 13.5. The van der Waals surface area contributed by atoms with Crippen molar-refractivity contribution in [3.05, 3.63) is 72.5 Å². The Kier molecular flexibility index (Phi) is 10.4. The minimum atomic E-state index is 0.0733. The Hall–Kier alpha value is -4.19. The molecule has 2 heterocycles. The van der Waals surface area contributed by atoms with Crippen LogP contribution in [0.5, 0.6) is 0 Å². The zero-order valence-corrected chi connectivity index (χ0v) is 25.0. The predicted octanol–water partition coefficient (Wildman–Crippen LogP) is 5.38. The molecule has 1 aliphatic rings. The van der Waals surface area contributed by atoms with E-state index in [9.17, 15) is 0 Å². The molecule has 1 atom stereocenters. The Bertz CT molecular complexity index is 1280. The van der Waals surface area contributed by atoms with Gasteiger partial charge in [-0.3, -0.25) is 0 Å². The number of rotatable bonds is 13. The van der Waals surface area contributed by atoms with Gasteiger partial charge in [0.05, 0.1) is 5.70 Å². The first kappa shape index (κ1) is 30.4. The average molecular weight is 544 g/mol. The molecule has 0 amide bonds. The van der Waals surface area contributed by atoms with Crippen molar-refractivity contribution in [1.29, 1.82) is 0 Å². The number of benzene rings is 1. The molecule has 1 fully saturated rings. The van der Waals surface area contributed by atoms with Crippen LogP contribution in [0.25, 0.3) is 5.70 Å². The van der Waals surface area contributed by atoms with Crippen LogP contribution in [-0.2, 0) is 0 Å².